The van der Waals surface area contributed by atoms with E-state index in [-0.39, 0.29) is 0 Å². The van der Waals surface area contributed by atoms with Crippen molar-refractivity contribution in [3.8, 4) is 0 Å². The predicted octanol–water partition coefficient (Wildman–Crippen LogP) is 2.97. The van der Waals surface area contributed by atoms with Gasteiger partial charge < -0.3 is 15.1 Å². The largest absolute Gasteiger partial charge is 0.345 e. The van der Waals surface area contributed by atoms with E-state index in [0.29, 0.717) is 6.04 Å². The molecule has 0 radical (unpaired) electrons. The first-order valence-corrected chi connectivity index (χ1v) is 7.82. The SMILES string of the molecule is CCc1ccc(NC(=S)N2CCCC2CN(C)C)cc1. The summed E-state index contributed by atoms with van der Waals surface area (Å²) in [4.78, 5) is 4.57. The molecule has 1 atom stereocenters. The van der Waals surface area contributed by atoms with Crippen LogP contribution in [0.25, 0.3) is 0 Å². The molecule has 20 heavy (non-hydrogen) atoms. The van der Waals surface area contributed by atoms with Crippen molar-refractivity contribution in [1.82, 2.24) is 9.80 Å². The van der Waals surface area contributed by atoms with Gasteiger partial charge in [-0.3, -0.25) is 0 Å². The Kier molecular flexibility index (Phi) is 5.38. The molecule has 0 aliphatic carbocycles. The van der Waals surface area contributed by atoms with Crippen LogP contribution in [0.4, 0.5) is 5.69 Å². The molecule has 2 rings (SSSR count). The molecule has 1 fully saturated rings. The fourth-order valence-electron chi connectivity index (χ4n) is 2.73. The highest BCUT2D eigenvalue weighted by molar-refractivity contribution is 7.80. The third kappa shape index (κ3) is 3.93. The van der Waals surface area contributed by atoms with Crippen LogP contribution in [0.3, 0.4) is 0 Å². The molecule has 0 aromatic heterocycles. The van der Waals surface area contributed by atoms with Gasteiger partial charge in [-0.05, 0) is 63.3 Å². The number of nitrogens with one attached hydrogen (secondary N) is 1. The highest BCUT2D eigenvalue weighted by atomic mass is 32.1. The van der Waals surface area contributed by atoms with E-state index in [4.69, 9.17) is 12.2 Å². The predicted molar refractivity (Wildman–Crippen MR) is 90.3 cm³/mol. The maximum Gasteiger partial charge on any atom is 0.173 e. The molecule has 0 bridgehead atoms. The highest BCUT2D eigenvalue weighted by Crippen LogP contribution is 2.20. The number of benzene rings is 1. The van der Waals surface area contributed by atoms with Gasteiger partial charge in [0, 0.05) is 24.8 Å². The van der Waals surface area contributed by atoms with Crippen molar-refractivity contribution < 1.29 is 0 Å². The average molecular weight is 291 g/mol. The zero-order valence-electron chi connectivity index (χ0n) is 12.7. The molecule has 1 aliphatic heterocycles. The Labute approximate surface area is 128 Å². The third-order valence-electron chi connectivity index (χ3n) is 3.83. The fourth-order valence-corrected chi connectivity index (χ4v) is 3.09. The van der Waals surface area contributed by atoms with Gasteiger partial charge in [-0.25, -0.2) is 0 Å². The lowest BCUT2D eigenvalue weighted by molar-refractivity contribution is 0.288. The highest BCUT2D eigenvalue weighted by Gasteiger charge is 2.26. The van der Waals surface area contributed by atoms with Crippen LogP contribution in [0.15, 0.2) is 24.3 Å². The first-order chi connectivity index (χ1) is 9.60. The second kappa shape index (κ2) is 7.04. The van der Waals surface area contributed by atoms with Crippen LogP contribution in [0.2, 0.25) is 0 Å². The molecule has 1 unspecified atom stereocenters. The van der Waals surface area contributed by atoms with E-state index in [0.717, 1.165) is 30.3 Å². The molecule has 1 aromatic rings. The normalized spacial score (nSPS) is 18.6. The summed E-state index contributed by atoms with van der Waals surface area (Å²) >= 11 is 5.58. The fraction of sp³-hybridized carbons (Fsp3) is 0.562. The topological polar surface area (TPSA) is 18.5 Å². The van der Waals surface area contributed by atoms with Crippen molar-refractivity contribution in [2.24, 2.45) is 0 Å². The Bertz CT molecular complexity index is 442. The number of nitrogens with zero attached hydrogens (tertiary/aromatic N) is 2. The lowest BCUT2D eigenvalue weighted by atomic mass is 10.1. The lowest BCUT2D eigenvalue weighted by Crippen LogP contribution is -2.43. The summed E-state index contributed by atoms with van der Waals surface area (Å²) in [5.74, 6) is 0. The molecule has 1 aliphatic rings. The van der Waals surface area contributed by atoms with E-state index in [1.165, 1.54) is 18.4 Å². The van der Waals surface area contributed by atoms with Gasteiger partial charge in [-0.15, -0.1) is 0 Å². The molecule has 1 saturated heterocycles. The lowest BCUT2D eigenvalue weighted by Gasteiger charge is -2.29. The Balaban J connectivity index is 1.96. The zero-order chi connectivity index (χ0) is 14.5. The first kappa shape index (κ1) is 15.3. The van der Waals surface area contributed by atoms with E-state index >= 15 is 0 Å². The van der Waals surface area contributed by atoms with Gasteiger partial charge >= 0.3 is 0 Å². The van der Waals surface area contributed by atoms with Crippen molar-refractivity contribution >= 4 is 23.0 Å². The van der Waals surface area contributed by atoms with Crippen LogP contribution >= 0.6 is 12.2 Å². The van der Waals surface area contributed by atoms with Crippen LogP contribution in [-0.4, -0.2) is 48.1 Å². The quantitative estimate of drug-likeness (QED) is 0.859. The van der Waals surface area contributed by atoms with Crippen molar-refractivity contribution in [2.45, 2.75) is 32.2 Å². The second-order valence-corrected chi connectivity index (χ2v) is 6.12. The summed E-state index contributed by atoms with van der Waals surface area (Å²) < 4.78 is 0. The molecule has 1 N–H and O–H groups in total. The third-order valence-corrected chi connectivity index (χ3v) is 4.16. The molecule has 4 heteroatoms. The molecular weight excluding hydrogens is 266 g/mol. The minimum atomic E-state index is 0.542. The van der Waals surface area contributed by atoms with Crippen LogP contribution in [-0.2, 0) is 6.42 Å². The van der Waals surface area contributed by atoms with E-state index in [1.807, 2.05) is 0 Å². The van der Waals surface area contributed by atoms with Gasteiger partial charge in [0.15, 0.2) is 5.11 Å². The zero-order valence-corrected chi connectivity index (χ0v) is 13.5. The van der Waals surface area contributed by atoms with Gasteiger partial charge in [-0.2, -0.15) is 0 Å². The van der Waals surface area contributed by atoms with Gasteiger partial charge in [0.2, 0.25) is 0 Å². The summed E-state index contributed by atoms with van der Waals surface area (Å²) in [5, 5.41) is 4.24. The summed E-state index contributed by atoms with van der Waals surface area (Å²) in [6.07, 6.45) is 3.53. The van der Waals surface area contributed by atoms with Crippen molar-refractivity contribution in [3.63, 3.8) is 0 Å². The molecule has 0 spiro atoms. The minimum absolute atomic E-state index is 0.542. The molecule has 110 valence electrons. The number of likely N-dealkylation sites (tertiary alicyclic amines) is 1. The van der Waals surface area contributed by atoms with Crippen LogP contribution in [0.1, 0.15) is 25.3 Å². The number of thiocarbonyl (C=S) groups is 1. The molecule has 0 amide bonds. The number of likely N-dealkylation sites (N-methyl/N-ethyl adjacent to an activating group) is 1. The van der Waals surface area contributed by atoms with Gasteiger partial charge in [-0.1, -0.05) is 19.1 Å². The minimum Gasteiger partial charge on any atom is -0.345 e. The van der Waals surface area contributed by atoms with Crippen molar-refractivity contribution in [2.75, 3.05) is 32.5 Å². The van der Waals surface area contributed by atoms with E-state index in [9.17, 15) is 0 Å². The van der Waals surface area contributed by atoms with E-state index in [1.54, 1.807) is 0 Å². The van der Waals surface area contributed by atoms with E-state index < -0.39 is 0 Å². The Morgan fingerprint density at radius 2 is 2.05 bits per heavy atom. The smallest absolute Gasteiger partial charge is 0.173 e. The maximum atomic E-state index is 5.58. The summed E-state index contributed by atoms with van der Waals surface area (Å²) in [5.41, 5.74) is 2.44. The summed E-state index contributed by atoms with van der Waals surface area (Å²) in [6, 6.07) is 9.09. The first-order valence-electron chi connectivity index (χ1n) is 7.41. The number of hydrogen-bond donors (Lipinski definition) is 1. The summed E-state index contributed by atoms with van der Waals surface area (Å²) in [6.45, 7) is 4.30. The number of hydrogen-bond acceptors (Lipinski definition) is 2. The molecule has 3 nitrogen and oxygen atoms in total. The molecule has 0 saturated carbocycles. The average Bonchev–Trinajstić information content (AvgIpc) is 2.87. The number of aryl methyl sites for hydroxylation is 1. The number of anilines is 1. The summed E-state index contributed by atoms with van der Waals surface area (Å²) in [7, 11) is 4.24. The molecule has 1 heterocycles. The van der Waals surface area contributed by atoms with Crippen LogP contribution < -0.4 is 5.32 Å². The van der Waals surface area contributed by atoms with Crippen molar-refractivity contribution in [1.29, 1.82) is 0 Å². The van der Waals surface area contributed by atoms with E-state index in [2.05, 4.69) is 60.4 Å². The van der Waals surface area contributed by atoms with Crippen LogP contribution in [0.5, 0.6) is 0 Å². The Morgan fingerprint density at radius 1 is 1.35 bits per heavy atom. The monoisotopic (exact) mass is 291 g/mol. The number of rotatable bonds is 4. The molecular formula is C16H25N3S. The Morgan fingerprint density at radius 3 is 2.65 bits per heavy atom. The van der Waals surface area contributed by atoms with Crippen LogP contribution in [0, 0.1) is 0 Å². The second-order valence-electron chi connectivity index (χ2n) is 5.73. The van der Waals surface area contributed by atoms with Gasteiger partial charge in [0.1, 0.15) is 0 Å². The Hall–Kier alpha value is -1.13. The van der Waals surface area contributed by atoms with Gasteiger partial charge in [0.05, 0.1) is 0 Å². The molecule has 1 aromatic carbocycles. The maximum absolute atomic E-state index is 5.58. The van der Waals surface area contributed by atoms with Gasteiger partial charge in [0.25, 0.3) is 0 Å². The van der Waals surface area contributed by atoms with Crippen molar-refractivity contribution in [3.05, 3.63) is 29.8 Å². The standard InChI is InChI=1S/C16H25N3S/c1-4-13-7-9-14(10-8-13)17-16(20)19-11-5-6-15(19)12-18(2)3/h7-10,15H,4-6,11-12H2,1-3H3,(H,17,20).